The lowest BCUT2D eigenvalue weighted by Gasteiger charge is -2.12. The maximum atomic E-state index is 13.6. The van der Waals surface area contributed by atoms with Crippen molar-refractivity contribution >= 4 is 46.3 Å². The largest absolute Gasteiger partial charge is 0.508 e. The third-order valence-corrected chi connectivity index (χ3v) is 8.18. The highest BCUT2D eigenvalue weighted by molar-refractivity contribution is 7.98. The molecule has 6 aromatic rings. The van der Waals surface area contributed by atoms with E-state index < -0.39 is 17.4 Å². The van der Waals surface area contributed by atoms with Gasteiger partial charge in [0.2, 0.25) is 0 Å². The Morgan fingerprint density at radius 1 is 0.761 bits per heavy atom. The van der Waals surface area contributed by atoms with Gasteiger partial charge in [-0.05, 0) is 71.3 Å². The van der Waals surface area contributed by atoms with Gasteiger partial charge >= 0.3 is 5.63 Å². The number of rotatable bonds is 9. The van der Waals surface area contributed by atoms with E-state index >= 15 is 0 Å². The van der Waals surface area contributed by atoms with Crippen LogP contribution in [0.2, 0.25) is 0 Å². The molecule has 2 amide bonds. The molecule has 226 valence electrons. The monoisotopic (exact) mass is 624 g/mol. The molecule has 3 N–H and O–H groups in total. The van der Waals surface area contributed by atoms with E-state index in [9.17, 15) is 19.5 Å². The Bertz CT molecular complexity index is 2110. The molecule has 0 fully saturated rings. The van der Waals surface area contributed by atoms with Gasteiger partial charge in [0, 0.05) is 38.9 Å². The molecule has 0 aliphatic rings. The number of phenolic OH excluding ortho intramolecular Hbond substituents is 1. The summed E-state index contributed by atoms with van der Waals surface area (Å²) in [5.74, 6) is -0.530. The maximum absolute atomic E-state index is 13.6. The first-order chi connectivity index (χ1) is 22.4. The minimum Gasteiger partial charge on any atom is -0.508 e. The average Bonchev–Trinajstić information content (AvgIpc) is 3.08. The molecule has 0 bridgehead atoms. The molecular formula is C38H28N2O5S. The molecule has 0 atom stereocenters. The van der Waals surface area contributed by atoms with Crippen LogP contribution in [0.1, 0.15) is 21.5 Å². The van der Waals surface area contributed by atoms with E-state index in [1.54, 1.807) is 60.7 Å². The van der Waals surface area contributed by atoms with Gasteiger partial charge in [0.05, 0.1) is 0 Å². The Morgan fingerprint density at radius 3 is 2.24 bits per heavy atom. The van der Waals surface area contributed by atoms with Gasteiger partial charge in [0.1, 0.15) is 17.0 Å². The van der Waals surface area contributed by atoms with Crippen LogP contribution in [0.25, 0.3) is 28.2 Å². The summed E-state index contributed by atoms with van der Waals surface area (Å²) < 4.78 is 5.38. The van der Waals surface area contributed by atoms with E-state index in [0.29, 0.717) is 33.5 Å². The Kier molecular flexibility index (Phi) is 9.08. The zero-order valence-corrected chi connectivity index (χ0v) is 25.3. The van der Waals surface area contributed by atoms with E-state index in [0.717, 1.165) is 21.6 Å². The molecule has 46 heavy (non-hydrogen) atoms. The van der Waals surface area contributed by atoms with Crippen LogP contribution in [-0.2, 0) is 10.5 Å². The summed E-state index contributed by atoms with van der Waals surface area (Å²) in [5, 5.41) is 16.0. The molecule has 0 saturated heterocycles. The van der Waals surface area contributed by atoms with Gasteiger partial charge in [0.25, 0.3) is 11.8 Å². The second-order valence-corrected chi connectivity index (χ2v) is 11.5. The van der Waals surface area contributed by atoms with Gasteiger partial charge in [-0.1, -0.05) is 78.9 Å². The van der Waals surface area contributed by atoms with Crippen molar-refractivity contribution in [3.8, 4) is 16.9 Å². The minimum atomic E-state index is -0.489. The SMILES string of the molecule is O=C(Nc1cccc(SCc2cc3ccc(O)cc3oc2=O)c1)/C(=C/c1ccc(-c2ccccc2)cc1)NC(=O)c1ccccc1. The van der Waals surface area contributed by atoms with Crippen molar-refractivity contribution in [2.24, 2.45) is 0 Å². The van der Waals surface area contributed by atoms with Crippen LogP contribution in [0.5, 0.6) is 5.75 Å². The molecule has 7 nitrogen and oxygen atoms in total. The number of aromatic hydroxyl groups is 1. The molecule has 1 aromatic heterocycles. The number of carbonyl (C=O) groups is 2. The van der Waals surface area contributed by atoms with E-state index in [4.69, 9.17) is 4.42 Å². The summed E-state index contributed by atoms with van der Waals surface area (Å²) in [4.78, 5) is 40.0. The molecule has 0 radical (unpaired) electrons. The Labute approximate surface area is 269 Å². The number of nitrogens with one attached hydrogen (secondary N) is 2. The van der Waals surface area contributed by atoms with Crippen LogP contribution in [0, 0.1) is 0 Å². The fraction of sp³-hybridized carbons (Fsp3) is 0.0263. The Hall–Kier alpha value is -5.86. The highest BCUT2D eigenvalue weighted by Crippen LogP contribution is 2.27. The number of amides is 2. The van der Waals surface area contributed by atoms with Crippen molar-refractivity contribution < 1.29 is 19.1 Å². The van der Waals surface area contributed by atoms with Crippen molar-refractivity contribution in [2.45, 2.75) is 10.6 Å². The van der Waals surface area contributed by atoms with Gasteiger partial charge in [-0.2, -0.15) is 0 Å². The van der Waals surface area contributed by atoms with Gasteiger partial charge in [-0.3, -0.25) is 9.59 Å². The van der Waals surface area contributed by atoms with Crippen LogP contribution in [-0.4, -0.2) is 16.9 Å². The smallest absolute Gasteiger partial charge is 0.340 e. The minimum absolute atomic E-state index is 0.0234. The summed E-state index contributed by atoms with van der Waals surface area (Å²) in [5.41, 5.74) is 4.20. The molecule has 0 aliphatic heterocycles. The van der Waals surface area contributed by atoms with Crippen LogP contribution in [0.15, 0.2) is 153 Å². The zero-order valence-electron chi connectivity index (χ0n) is 24.5. The number of hydrogen-bond donors (Lipinski definition) is 3. The van der Waals surface area contributed by atoms with Gasteiger partial charge in [-0.15, -0.1) is 11.8 Å². The molecular weight excluding hydrogens is 596 g/mol. The first-order valence-electron chi connectivity index (χ1n) is 14.4. The van der Waals surface area contributed by atoms with E-state index in [-0.39, 0.29) is 11.4 Å². The predicted molar refractivity (Wildman–Crippen MR) is 183 cm³/mol. The highest BCUT2D eigenvalue weighted by Gasteiger charge is 2.16. The number of carbonyl (C=O) groups excluding carboxylic acids is 2. The fourth-order valence-electron chi connectivity index (χ4n) is 4.78. The number of fused-ring (bicyclic) bond motifs is 1. The first-order valence-corrected chi connectivity index (χ1v) is 15.4. The summed E-state index contributed by atoms with van der Waals surface area (Å²) in [7, 11) is 0. The number of thioether (sulfide) groups is 1. The predicted octanol–water partition coefficient (Wildman–Crippen LogP) is 7.87. The standard InChI is InChI=1S/C38H28N2O5S/c41-32-19-18-29-21-30(38(44)45-35(29)23-32)24-46-33-13-7-12-31(22-33)39-37(43)34(40-36(42)28-10-5-2-6-11-28)20-25-14-16-27(17-15-25)26-8-3-1-4-9-26/h1-23,41H,24H2,(H,39,43)(H,40,42)/b34-20-. The van der Waals surface area contributed by atoms with Gasteiger partial charge < -0.3 is 20.2 Å². The number of hydrogen-bond acceptors (Lipinski definition) is 6. The van der Waals surface area contributed by atoms with Crippen molar-refractivity contribution in [3.63, 3.8) is 0 Å². The maximum Gasteiger partial charge on any atom is 0.340 e. The van der Waals surface area contributed by atoms with E-state index in [1.165, 1.54) is 23.9 Å². The normalized spacial score (nSPS) is 11.3. The van der Waals surface area contributed by atoms with Crippen LogP contribution in [0.4, 0.5) is 5.69 Å². The average molecular weight is 625 g/mol. The molecule has 6 rings (SSSR count). The molecule has 0 spiro atoms. The Morgan fingerprint density at radius 2 is 1.48 bits per heavy atom. The van der Waals surface area contributed by atoms with Crippen molar-refractivity contribution in [1.82, 2.24) is 5.32 Å². The van der Waals surface area contributed by atoms with Crippen molar-refractivity contribution in [2.75, 3.05) is 5.32 Å². The van der Waals surface area contributed by atoms with E-state index in [2.05, 4.69) is 10.6 Å². The number of anilines is 1. The molecule has 5 aromatic carbocycles. The number of benzene rings is 5. The summed E-state index contributed by atoms with van der Waals surface area (Å²) in [6, 6.07) is 40.0. The molecule has 0 saturated carbocycles. The van der Waals surface area contributed by atoms with Crippen molar-refractivity contribution in [3.05, 3.63) is 166 Å². The second-order valence-electron chi connectivity index (χ2n) is 10.4. The summed E-state index contributed by atoms with van der Waals surface area (Å²) in [6.07, 6.45) is 1.64. The topological polar surface area (TPSA) is 109 Å². The fourth-order valence-corrected chi connectivity index (χ4v) is 5.69. The van der Waals surface area contributed by atoms with E-state index in [1.807, 2.05) is 66.7 Å². The quantitative estimate of drug-likeness (QED) is 0.0859. The highest BCUT2D eigenvalue weighted by atomic mass is 32.2. The lowest BCUT2D eigenvalue weighted by atomic mass is 10.0. The molecule has 1 heterocycles. The molecule has 8 heteroatoms. The van der Waals surface area contributed by atoms with Gasteiger partial charge in [0.15, 0.2) is 0 Å². The van der Waals surface area contributed by atoms with Gasteiger partial charge in [-0.25, -0.2) is 4.79 Å². The Balaban J connectivity index is 1.20. The van der Waals surface area contributed by atoms with Crippen LogP contribution < -0.4 is 16.3 Å². The molecule has 0 unspecified atom stereocenters. The van der Waals surface area contributed by atoms with Crippen molar-refractivity contribution in [1.29, 1.82) is 0 Å². The first kappa shape index (κ1) is 30.2. The zero-order chi connectivity index (χ0) is 31.9. The van der Waals surface area contributed by atoms with Crippen LogP contribution >= 0.6 is 11.8 Å². The molecule has 0 aliphatic carbocycles. The lowest BCUT2D eigenvalue weighted by molar-refractivity contribution is -0.113. The van der Waals surface area contributed by atoms with Crippen LogP contribution in [0.3, 0.4) is 0 Å². The summed E-state index contributed by atoms with van der Waals surface area (Å²) in [6.45, 7) is 0. The number of phenols is 1. The lowest BCUT2D eigenvalue weighted by Crippen LogP contribution is -2.30. The third-order valence-electron chi connectivity index (χ3n) is 7.14. The second kappa shape index (κ2) is 13.8. The summed E-state index contributed by atoms with van der Waals surface area (Å²) >= 11 is 1.41. The third kappa shape index (κ3) is 7.43.